The number of nitrogens with two attached hydrogens (primary N) is 1. The highest BCUT2D eigenvalue weighted by Gasteiger charge is 2.16. The molecule has 0 unspecified atom stereocenters. The van der Waals surface area contributed by atoms with Crippen LogP contribution in [0.2, 0.25) is 0 Å². The Hall–Kier alpha value is -2.33. The van der Waals surface area contributed by atoms with Gasteiger partial charge in [0, 0.05) is 4.88 Å². The number of hydrogen-bond acceptors (Lipinski definition) is 7. The van der Waals surface area contributed by atoms with Gasteiger partial charge in [-0.05, 0) is 26.0 Å². The van der Waals surface area contributed by atoms with Crippen molar-refractivity contribution in [2.75, 3.05) is 18.9 Å². The largest absolute Gasteiger partial charge is 0.462 e. The maximum absolute atomic E-state index is 11.6. The fraction of sp³-hybridized carbons (Fsp3) is 0.308. The average molecular weight is 294 g/mol. The third-order valence-corrected chi connectivity index (χ3v) is 3.09. The predicted molar refractivity (Wildman–Crippen MR) is 74.9 cm³/mol. The first-order valence-electron chi connectivity index (χ1n) is 5.88. The first-order valence-corrected chi connectivity index (χ1v) is 6.70. The van der Waals surface area contributed by atoms with Crippen molar-refractivity contribution in [3.63, 3.8) is 0 Å². The van der Waals surface area contributed by atoms with E-state index in [0.717, 1.165) is 11.3 Å². The molecule has 0 aliphatic heterocycles. The van der Waals surface area contributed by atoms with Gasteiger partial charge in [0.05, 0.1) is 18.8 Å². The van der Waals surface area contributed by atoms with Crippen LogP contribution in [0.3, 0.4) is 0 Å². The van der Waals surface area contributed by atoms with Crippen molar-refractivity contribution < 1.29 is 19.1 Å². The smallest absolute Gasteiger partial charge is 0.348 e. The molecule has 7 heteroatoms. The topological polar surface area (TPSA) is 102 Å². The first-order chi connectivity index (χ1) is 9.53. The molecule has 0 atom stereocenters. The minimum atomic E-state index is -0.709. The fourth-order valence-corrected chi connectivity index (χ4v) is 2.21. The van der Waals surface area contributed by atoms with E-state index in [4.69, 9.17) is 20.5 Å². The molecule has 0 aliphatic carbocycles. The number of esters is 2. The number of nitriles is 1. The Balaban J connectivity index is 3.04. The van der Waals surface area contributed by atoms with Gasteiger partial charge >= 0.3 is 11.9 Å². The van der Waals surface area contributed by atoms with E-state index in [1.165, 1.54) is 12.1 Å². The van der Waals surface area contributed by atoms with Crippen LogP contribution < -0.4 is 5.73 Å². The van der Waals surface area contributed by atoms with Gasteiger partial charge in [0.1, 0.15) is 16.6 Å². The molecule has 0 bridgehead atoms. The van der Waals surface area contributed by atoms with Crippen molar-refractivity contribution in [1.82, 2.24) is 0 Å². The summed E-state index contributed by atoms with van der Waals surface area (Å²) in [5, 5.41) is 9.19. The monoisotopic (exact) mass is 294 g/mol. The number of hydrogen-bond donors (Lipinski definition) is 1. The summed E-state index contributed by atoms with van der Waals surface area (Å²) < 4.78 is 9.59. The fourth-order valence-electron chi connectivity index (χ4n) is 1.35. The quantitative estimate of drug-likeness (QED) is 0.506. The zero-order valence-corrected chi connectivity index (χ0v) is 12.0. The zero-order chi connectivity index (χ0) is 15.1. The van der Waals surface area contributed by atoms with Gasteiger partial charge in [0.25, 0.3) is 0 Å². The summed E-state index contributed by atoms with van der Waals surface area (Å²) in [7, 11) is 0. The second kappa shape index (κ2) is 7.31. The molecule has 0 aromatic carbocycles. The molecule has 1 rings (SSSR count). The van der Waals surface area contributed by atoms with Crippen LogP contribution in [-0.2, 0) is 14.3 Å². The SMILES string of the molecule is CCOC(=O)C(C#N)=Cc1cc(C(=O)OCC)c(N)s1. The highest BCUT2D eigenvalue weighted by atomic mass is 32.1. The lowest BCUT2D eigenvalue weighted by atomic mass is 10.2. The molecule has 0 saturated carbocycles. The van der Waals surface area contributed by atoms with E-state index in [2.05, 4.69) is 0 Å². The van der Waals surface area contributed by atoms with Gasteiger partial charge in [-0.3, -0.25) is 0 Å². The van der Waals surface area contributed by atoms with Crippen LogP contribution in [0.15, 0.2) is 11.6 Å². The lowest BCUT2D eigenvalue weighted by Crippen LogP contribution is -2.06. The van der Waals surface area contributed by atoms with Crippen molar-refractivity contribution in [2.45, 2.75) is 13.8 Å². The van der Waals surface area contributed by atoms with E-state index in [1.807, 2.05) is 0 Å². The lowest BCUT2D eigenvalue weighted by Gasteiger charge is -1.98. The molecule has 106 valence electrons. The summed E-state index contributed by atoms with van der Waals surface area (Å²) >= 11 is 1.09. The molecule has 0 saturated heterocycles. The Bertz CT molecular complexity index is 584. The van der Waals surface area contributed by atoms with Crippen LogP contribution in [-0.4, -0.2) is 25.2 Å². The Kier molecular flexibility index (Phi) is 5.74. The minimum Gasteiger partial charge on any atom is -0.462 e. The van der Waals surface area contributed by atoms with E-state index >= 15 is 0 Å². The number of nitrogens with zero attached hydrogens (tertiary/aromatic N) is 1. The van der Waals surface area contributed by atoms with Crippen LogP contribution >= 0.6 is 11.3 Å². The third-order valence-electron chi connectivity index (χ3n) is 2.18. The molecule has 0 radical (unpaired) electrons. The normalized spacial score (nSPS) is 10.8. The summed E-state index contributed by atoms with van der Waals surface area (Å²) in [6.07, 6.45) is 1.34. The molecular weight excluding hydrogens is 280 g/mol. The van der Waals surface area contributed by atoms with Crippen molar-refractivity contribution in [1.29, 1.82) is 5.26 Å². The molecule has 1 heterocycles. The molecule has 0 aliphatic rings. The maximum Gasteiger partial charge on any atom is 0.348 e. The molecule has 1 aromatic heterocycles. The lowest BCUT2D eigenvalue weighted by molar-refractivity contribution is -0.137. The van der Waals surface area contributed by atoms with Crippen molar-refractivity contribution >= 4 is 34.4 Å². The van der Waals surface area contributed by atoms with E-state index in [0.29, 0.717) is 4.88 Å². The number of carbonyl (C=O) groups excluding carboxylic acids is 2. The van der Waals surface area contributed by atoms with Crippen LogP contribution in [0.25, 0.3) is 6.08 Å². The molecular formula is C13H14N2O4S. The highest BCUT2D eigenvalue weighted by Crippen LogP contribution is 2.27. The van der Waals surface area contributed by atoms with E-state index in [9.17, 15) is 9.59 Å². The van der Waals surface area contributed by atoms with Gasteiger partial charge in [-0.2, -0.15) is 5.26 Å². The van der Waals surface area contributed by atoms with Gasteiger partial charge in [0.15, 0.2) is 0 Å². The Labute approximate surface area is 120 Å². The van der Waals surface area contributed by atoms with Gasteiger partial charge in [-0.25, -0.2) is 9.59 Å². The van der Waals surface area contributed by atoms with Crippen molar-refractivity contribution in [2.24, 2.45) is 0 Å². The highest BCUT2D eigenvalue weighted by molar-refractivity contribution is 7.17. The molecule has 0 fully saturated rings. The third kappa shape index (κ3) is 3.83. The predicted octanol–water partition coefficient (Wildman–Crippen LogP) is 1.98. The summed E-state index contributed by atoms with van der Waals surface area (Å²) in [6, 6.07) is 3.24. The summed E-state index contributed by atoms with van der Waals surface area (Å²) in [4.78, 5) is 23.6. The first kappa shape index (κ1) is 15.7. The molecule has 1 aromatic rings. The Morgan fingerprint density at radius 2 is 2.05 bits per heavy atom. The Morgan fingerprint density at radius 1 is 1.40 bits per heavy atom. The van der Waals surface area contributed by atoms with E-state index < -0.39 is 11.9 Å². The van der Waals surface area contributed by atoms with Crippen LogP contribution in [0.5, 0.6) is 0 Å². The average Bonchev–Trinajstić information content (AvgIpc) is 2.77. The minimum absolute atomic E-state index is 0.150. The molecule has 0 amide bonds. The van der Waals surface area contributed by atoms with Gasteiger partial charge < -0.3 is 15.2 Å². The number of rotatable bonds is 5. The van der Waals surface area contributed by atoms with Gasteiger partial charge in [-0.1, -0.05) is 0 Å². The van der Waals surface area contributed by atoms with E-state index in [1.54, 1.807) is 19.9 Å². The van der Waals surface area contributed by atoms with Crippen LogP contribution in [0, 0.1) is 11.3 Å². The number of thiophene rings is 1. The van der Waals surface area contributed by atoms with Crippen molar-refractivity contribution in [3.05, 3.63) is 22.1 Å². The number of ether oxygens (including phenoxy) is 2. The number of carbonyl (C=O) groups is 2. The van der Waals surface area contributed by atoms with Gasteiger partial charge in [0.2, 0.25) is 0 Å². The zero-order valence-electron chi connectivity index (χ0n) is 11.1. The van der Waals surface area contributed by atoms with Gasteiger partial charge in [-0.15, -0.1) is 11.3 Å². The Morgan fingerprint density at radius 3 is 2.60 bits per heavy atom. The van der Waals surface area contributed by atoms with Crippen LogP contribution in [0.1, 0.15) is 29.1 Å². The van der Waals surface area contributed by atoms with E-state index in [-0.39, 0.29) is 29.4 Å². The van der Waals surface area contributed by atoms with Crippen LogP contribution in [0.4, 0.5) is 5.00 Å². The molecule has 2 N–H and O–H groups in total. The molecule has 20 heavy (non-hydrogen) atoms. The molecule has 0 spiro atoms. The second-order valence-corrected chi connectivity index (χ2v) is 4.65. The maximum atomic E-state index is 11.6. The molecule has 6 nitrogen and oxygen atoms in total. The summed E-state index contributed by atoms with van der Waals surface area (Å²) in [5.74, 6) is -1.24. The standard InChI is InChI=1S/C13H14N2O4S/c1-3-18-12(16)8(7-14)5-9-6-10(11(15)20-9)13(17)19-4-2/h5-6H,3-4,15H2,1-2H3. The number of anilines is 1. The van der Waals surface area contributed by atoms with Crippen molar-refractivity contribution in [3.8, 4) is 6.07 Å². The summed E-state index contributed by atoms with van der Waals surface area (Å²) in [6.45, 7) is 3.76. The second-order valence-electron chi connectivity index (χ2n) is 3.54. The number of nitrogen functional groups attached to an aromatic ring is 1. The summed E-state index contributed by atoms with van der Waals surface area (Å²) in [5.41, 5.74) is 5.79.